The molecule has 100 valence electrons. The van der Waals surface area contributed by atoms with E-state index in [2.05, 4.69) is 29.8 Å². The van der Waals surface area contributed by atoms with E-state index in [0.29, 0.717) is 5.56 Å². The Hall–Kier alpha value is -1.81. The largest absolute Gasteiger partial charge is 0.377 e. The van der Waals surface area contributed by atoms with Gasteiger partial charge in [0.1, 0.15) is 0 Å². The number of primary amides is 1. The minimum Gasteiger partial charge on any atom is -0.377 e. The summed E-state index contributed by atoms with van der Waals surface area (Å²) >= 11 is 1.74. The molecule has 1 amide bonds. The van der Waals surface area contributed by atoms with Gasteiger partial charge in [-0.15, -0.1) is 11.3 Å². The Morgan fingerprint density at radius 1 is 1.37 bits per heavy atom. The van der Waals surface area contributed by atoms with E-state index in [0.717, 1.165) is 17.7 Å². The first kappa shape index (κ1) is 13.6. The van der Waals surface area contributed by atoms with E-state index in [9.17, 15) is 4.79 Å². The summed E-state index contributed by atoms with van der Waals surface area (Å²) < 4.78 is 0. The summed E-state index contributed by atoms with van der Waals surface area (Å²) in [4.78, 5) is 12.7. The number of carbonyl (C=O) groups is 1. The quantitative estimate of drug-likeness (QED) is 0.873. The lowest BCUT2D eigenvalue weighted by molar-refractivity contribution is 0.1000. The number of nitrogens with two attached hydrogens (primary N) is 1. The van der Waals surface area contributed by atoms with Crippen LogP contribution < -0.4 is 11.1 Å². The van der Waals surface area contributed by atoms with Gasteiger partial charge in [0.25, 0.3) is 0 Å². The minimum absolute atomic E-state index is 0.266. The Kier molecular flexibility index (Phi) is 4.22. The number of carbonyl (C=O) groups excluding carboxylic acids is 1. The molecular weight excluding hydrogens is 256 g/mol. The van der Waals surface area contributed by atoms with Crippen molar-refractivity contribution in [1.82, 2.24) is 0 Å². The van der Waals surface area contributed by atoms with Crippen molar-refractivity contribution in [2.24, 2.45) is 5.73 Å². The van der Waals surface area contributed by atoms with Crippen LogP contribution in [0.1, 0.15) is 40.2 Å². The molecule has 0 radical (unpaired) electrons. The van der Waals surface area contributed by atoms with Crippen LogP contribution in [0, 0.1) is 6.92 Å². The zero-order chi connectivity index (χ0) is 13.8. The van der Waals surface area contributed by atoms with Gasteiger partial charge in [-0.2, -0.15) is 0 Å². The van der Waals surface area contributed by atoms with Crippen molar-refractivity contribution in [3.63, 3.8) is 0 Å². The van der Waals surface area contributed by atoms with Gasteiger partial charge in [-0.3, -0.25) is 4.79 Å². The molecule has 2 rings (SSSR count). The summed E-state index contributed by atoms with van der Waals surface area (Å²) in [6, 6.07) is 10.0. The third-order valence-corrected chi connectivity index (χ3v) is 4.21. The van der Waals surface area contributed by atoms with Gasteiger partial charge < -0.3 is 11.1 Å². The summed E-state index contributed by atoms with van der Waals surface area (Å²) in [5, 5.41) is 5.57. The van der Waals surface area contributed by atoms with Crippen molar-refractivity contribution in [3.8, 4) is 0 Å². The highest BCUT2D eigenvalue weighted by atomic mass is 32.1. The average molecular weight is 274 g/mol. The number of rotatable bonds is 5. The lowest BCUT2D eigenvalue weighted by Gasteiger charge is -2.19. The van der Waals surface area contributed by atoms with Crippen LogP contribution in [0.3, 0.4) is 0 Å². The lowest BCUT2D eigenvalue weighted by Crippen LogP contribution is -2.15. The average Bonchev–Trinajstić information content (AvgIpc) is 2.91. The third-order valence-electron chi connectivity index (χ3n) is 3.22. The highest BCUT2D eigenvalue weighted by Crippen LogP contribution is 2.28. The monoisotopic (exact) mass is 274 g/mol. The van der Waals surface area contributed by atoms with Crippen LogP contribution in [0.15, 0.2) is 35.7 Å². The number of amides is 1. The standard InChI is InChI=1S/C15H18N2OS/c1-3-12(14-8-5-9-19-14)17-13-7-4-6-11(10(13)2)15(16)18/h4-9,12,17H,3H2,1-2H3,(H2,16,18). The van der Waals surface area contributed by atoms with Gasteiger partial charge in [0.2, 0.25) is 5.91 Å². The van der Waals surface area contributed by atoms with Crippen LogP contribution in [0.2, 0.25) is 0 Å². The van der Waals surface area contributed by atoms with E-state index in [1.807, 2.05) is 19.1 Å². The van der Waals surface area contributed by atoms with E-state index in [1.54, 1.807) is 17.4 Å². The number of hydrogen-bond donors (Lipinski definition) is 2. The van der Waals surface area contributed by atoms with Crippen molar-refractivity contribution in [1.29, 1.82) is 0 Å². The number of anilines is 1. The van der Waals surface area contributed by atoms with E-state index in [-0.39, 0.29) is 11.9 Å². The molecule has 0 saturated heterocycles. The van der Waals surface area contributed by atoms with Gasteiger partial charge in [-0.25, -0.2) is 0 Å². The second-order valence-electron chi connectivity index (χ2n) is 4.46. The summed E-state index contributed by atoms with van der Waals surface area (Å²) in [5.74, 6) is -0.384. The molecule has 0 bridgehead atoms. The first-order valence-corrected chi connectivity index (χ1v) is 7.20. The smallest absolute Gasteiger partial charge is 0.249 e. The van der Waals surface area contributed by atoms with Gasteiger partial charge in [-0.05, 0) is 42.5 Å². The summed E-state index contributed by atoms with van der Waals surface area (Å²) in [6.45, 7) is 4.06. The Labute approximate surface area is 117 Å². The van der Waals surface area contributed by atoms with Gasteiger partial charge in [-0.1, -0.05) is 19.1 Å². The number of benzene rings is 1. The molecule has 0 aliphatic carbocycles. The second kappa shape index (κ2) is 5.89. The van der Waals surface area contributed by atoms with Crippen LogP contribution in [-0.2, 0) is 0 Å². The van der Waals surface area contributed by atoms with Gasteiger partial charge in [0.05, 0.1) is 6.04 Å². The molecule has 4 heteroatoms. The topological polar surface area (TPSA) is 55.1 Å². The molecule has 1 aromatic carbocycles. The fourth-order valence-electron chi connectivity index (χ4n) is 2.11. The Morgan fingerprint density at radius 3 is 2.74 bits per heavy atom. The fraction of sp³-hybridized carbons (Fsp3) is 0.267. The maximum Gasteiger partial charge on any atom is 0.249 e. The first-order chi connectivity index (χ1) is 9.13. The molecule has 0 saturated carbocycles. The normalized spacial score (nSPS) is 12.1. The van der Waals surface area contributed by atoms with E-state index >= 15 is 0 Å². The van der Waals surface area contributed by atoms with Gasteiger partial charge in [0.15, 0.2) is 0 Å². The summed E-state index contributed by atoms with van der Waals surface area (Å²) in [6.07, 6.45) is 0.987. The highest BCUT2D eigenvalue weighted by molar-refractivity contribution is 7.10. The Balaban J connectivity index is 2.28. The summed E-state index contributed by atoms with van der Waals surface area (Å²) in [7, 11) is 0. The lowest BCUT2D eigenvalue weighted by atomic mass is 10.0. The fourth-order valence-corrected chi connectivity index (χ4v) is 2.97. The zero-order valence-electron chi connectivity index (χ0n) is 11.1. The van der Waals surface area contributed by atoms with E-state index in [4.69, 9.17) is 5.73 Å². The predicted octanol–water partition coefficient (Wildman–Crippen LogP) is 3.72. The maximum atomic E-state index is 11.4. The number of thiophene rings is 1. The molecule has 3 N–H and O–H groups in total. The van der Waals surface area contributed by atoms with Crippen molar-refractivity contribution in [2.75, 3.05) is 5.32 Å². The van der Waals surface area contributed by atoms with Gasteiger partial charge >= 0.3 is 0 Å². The SMILES string of the molecule is CCC(Nc1cccc(C(N)=O)c1C)c1cccs1. The minimum atomic E-state index is -0.384. The maximum absolute atomic E-state index is 11.4. The van der Waals surface area contributed by atoms with E-state index < -0.39 is 0 Å². The van der Waals surface area contributed by atoms with Crippen LogP contribution in [-0.4, -0.2) is 5.91 Å². The molecule has 1 atom stereocenters. The molecule has 0 fully saturated rings. The van der Waals surface area contributed by atoms with Crippen LogP contribution >= 0.6 is 11.3 Å². The molecule has 2 aromatic rings. The molecule has 1 unspecified atom stereocenters. The van der Waals surface area contributed by atoms with E-state index in [1.165, 1.54) is 4.88 Å². The van der Waals surface area contributed by atoms with Crippen LogP contribution in [0.25, 0.3) is 0 Å². The summed E-state index contributed by atoms with van der Waals surface area (Å²) in [5.41, 5.74) is 7.83. The second-order valence-corrected chi connectivity index (χ2v) is 5.44. The first-order valence-electron chi connectivity index (χ1n) is 6.32. The molecule has 3 nitrogen and oxygen atoms in total. The third kappa shape index (κ3) is 2.96. The Bertz CT molecular complexity index is 564. The van der Waals surface area contributed by atoms with Crippen molar-refractivity contribution in [3.05, 3.63) is 51.7 Å². The van der Waals surface area contributed by atoms with Crippen molar-refractivity contribution < 1.29 is 4.79 Å². The van der Waals surface area contributed by atoms with Crippen LogP contribution in [0.4, 0.5) is 5.69 Å². The number of nitrogens with one attached hydrogen (secondary N) is 1. The molecule has 0 aliphatic rings. The highest BCUT2D eigenvalue weighted by Gasteiger charge is 2.13. The molecule has 1 aromatic heterocycles. The number of hydrogen-bond acceptors (Lipinski definition) is 3. The van der Waals surface area contributed by atoms with Crippen molar-refractivity contribution in [2.45, 2.75) is 26.3 Å². The van der Waals surface area contributed by atoms with Crippen LogP contribution in [0.5, 0.6) is 0 Å². The Morgan fingerprint density at radius 2 is 2.16 bits per heavy atom. The molecule has 0 aliphatic heterocycles. The molecule has 1 heterocycles. The van der Waals surface area contributed by atoms with Gasteiger partial charge in [0, 0.05) is 16.1 Å². The predicted molar refractivity (Wildman–Crippen MR) is 80.7 cm³/mol. The molecule has 19 heavy (non-hydrogen) atoms. The molecule has 0 spiro atoms. The molecular formula is C15H18N2OS. The zero-order valence-corrected chi connectivity index (χ0v) is 12.0. The van der Waals surface area contributed by atoms with Crippen molar-refractivity contribution >= 4 is 22.9 Å².